The van der Waals surface area contributed by atoms with E-state index in [4.69, 9.17) is 5.26 Å². The zero-order valence-corrected chi connectivity index (χ0v) is 12.0. The summed E-state index contributed by atoms with van der Waals surface area (Å²) in [6, 6.07) is 14.7. The van der Waals surface area contributed by atoms with Gasteiger partial charge in [-0.25, -0.2) is 0 Å². The van der Waals surface area contributed by atoms with Gasteiger partial charge in [0.25, 0.3) is 0 Å². The van der Waals surface area contributed by atoms with Crippen molar-refractivity contribution in [1.82, 2.24) is 4.57 Å². The highest BCUT2D eigenvalue weighted by Crippen LogP contribution is 2.04. The number of benzene rings is 1. The molecule has 3 heteroatoms. The maximum Gasteiger partial charge on any atom is 0.127 e. The zero-order chi connectivity index (χ0) is 14.4. The van der Waals surface area contributed by atoms with Crippen molar-refractivity contribution in [2.45, 2.75) is 33.4 Å². The molecule has 0 aliphatic heterocycles. The van der Waals surface area contributed by atoms with E-state index in [1.807, 2.05) is 23.8 Å². The molecule has 2 aromatic rings. The van der Waals surface area contributed by atoms with Gasteiger partial charge >= 0.3 is 0 Å². The van der Waals surface area contributed by atoms with E-state index in [-0.39, 0.29) is 0 Å². The van der Waals surface area contributed by atoms with Crippen LogP contribution >= 0.6 is 0 Å². The molecule has 0 aliphatic carbocycles. The largest absolute Gasteiger partial charge is 0.332 e. The second-order valence-electron chi connectivity index (χ2n) is 4.97. The minimum atomic E-state index is 0.501. The lowest BCUT2D eigenvalue weighted by molar-refractivity contribution is 0.661. The van der Waals surface area contributed by atoms with Crippen molar-refractivity contribution in [2.75, 3.05) is 0 Å². The summed E-state index contributed by atoms with van der Waals surface area (Å²) in [5.74, 6) is 0. The molecule has 0 fully saturated rings. The lowest BCUT2D eigenvalue weighted by atomic mass is 10.1. The molecule has 1 aromatic carbocycles. The zero-order valence-electron chi connectivity index (χ0n) is 12.0. The molecule has 0 N–H and O–H groups in total. The number of hydrogen-bond donors (Lipinski definition) is 0. The third-order valence-corrected chi connectivity index (χ3v) is 3.16. The Hall–Kier alpha value is -2.34. The fourth-order valence-corrected chi connectivity index (χ4v) is 2.02. The smallest absolute Gasteiger partial charge is 0.127 e. The molecule has 0 saturated heterocycles. The minimum absolute atomic E-state index is 0.501. The van der Waals surface area contributed by atoms with Crippen LogP contribution in [-0.4, -0.2) is 4.57 Å². The maximum absolute atomic E-state index is 8.73. The SMILES string of the molecule is Cc1ccc(CN=c2ccc(C)cn2CCC#N)cc1. The first-order valence-electron chi connectivity index (χ1n) is 6.79. The quantitative estimate of drug-likeness (QED) is 0.837. The van der Waals surface area contributed by atoms with Crippen molar-refractivity contribution in [3.63, 3.8) is 0 Å². The van der Waals surface area contributed by atoms with E-state index < -0.39 is 0 Å². The Labute approximate surface area is 119 Å². The van der Waals surface area contributed by atoms with Gasteiger partial charge in [-0.05, 0) is 31.0 Å². The second-order valence-corrected chi connectivity index (χ2v) is 4.97. The van der Waals surface area contributed by atoms with Gasteiger partial charge in [0, 0.05) is 12.7 Å². The molecule has 2 rings (SSSR count). The molecule has 102 valence electrons. The summed E-state index contributed by atoms with van der Waals surface area (Å²) in [5.41, 5.74) is 4.56. The molecular formula is C17H19N3. The number of rotatable bonds is 4. The van der Waals surface area contributed by atoms with E-state index >= 15 is 0 Å². The second kappa shape index (κ2) is 6.72. The van der Waals surface area contributed by atoms with Crippen LogP contribution < -0.4 is 5.49 Å². The summed E-state index contributed by atoms with van der Waals surface area (Å²) in [4.78, 5) is 4.65. The Morgan fingerprint density at radius 1 is 1.05 bits per heavy atom. The van der Waals surface area contributed by atoms with Gasteiger partial charge in [-0.1, -0.05) is 35.9 Å². The van der Waals surface area contributed by atoms with E-state index in [2.05, 4.69) is 48.3 Å². The van der Waals surface area contributed by atoms with Gasteiger partial charge in [-0.3, -0.25) is 4.99 Å². The van der Waals surface area contributed by atoms with Crippen molar-refractivity contribution in [3.05, 3.63) is 64.8 Å². The van der Waals surface area contributed by atoms with Crippen molar-refractivity contribution >= 4 is 0 Å². The summed E-state index contributed by atoms with van der Waals surface area (Å²) < 4.78 is 2.05. The fraction of sp³-hybridized carbons (Fsp3) is 0.294. The van der Waals surface area contributed by atoms with Gasteiger partial charge < -0.3 is 4.57 Å². The van der Waals surface area contributed by atoms with Crippen LogP contribution in [0.15, 0.2) is 47.6 Å². The summed E-state index contributed by atoms with van der Waals surface area (Å²) >= 11 is 0. The number of hydrogen-bond acceptors (Lipinski definition) is 2. The molecule has 0 radical (unpaired) electrons. The molecule has 1 aromatic heterocycles. The van der Waals surface area contributed by atoms with Crippen LogP contribution in [-0.2, 0) is 13.1 Å². The highest BCUT2D eigenvalue weighted by Gasteiger charge is 1.96. The van der Waals surface area contributed by atoms with Crippen LogP contribution in [0, 0.1) is 25.2 Å². The predicted octanol–water partition coefficient (Wildman–Crippen LogP) is 3.12. The maximum atomic E-state index is 8.73. The number of aryl methyl sites for hydroxylation is 3. The predicted molar refractivity (Wildman–Crippen MR) is 79.8 cm³/mol. The molecule has 1 heterocycles. The Bertz CT molecular complexity index is 673. The molecule has 0 spiro atoms. The Morgan fingerprint density at radius 2 is 1.75 bits per heavy atom. The van der Waals surface area contributed by atoms with E-state index in [0.29, 0.717) is 19.5 Å². The monoisotopic (exact) mass is 265 g/mol. The average molecular weight is 265 g/mol. The Morgan fingerprint density at radius 3 is 2.45 bits per heavy atom. The molecule has 0 atom stereocenters. The van der Waals surface area contributed by atoms with Crippen LogP contribution in [0.25, 0.3) is 0 Å². The number of nitrogens with zero attached hydrogens (tertiary/aromatic N) is 3. The first-order valence-corrected chi connectivity index (χ1v) is 6.79. The van der Waals surface area contributed by atoms with Crippen LogP contribution in [0.4, 0.5) is 0 Å². The third-order valence-electron chi connectivity index (χ3n) is 3.16. The Kier molecular flexibility index (Phi) is 4.73. The van der Waals surface area contributed by atoms with E-state index in [9.17, 15) is 0 Å². The van der Waals surface area contributed by atoms with Gasteiger partial charge in [0.2, 0.25) is 0 Å². The molecular weight excluding hydrogens is 246 g/mol. The molecule has 0 unspecified atom stereocenters. The van der Waals surface area contributed by atoms with Gasteiger partial charge in [0.15, 0.2) is 0 Å². The summed E-state index contributed by atoms with van der Waals surface area (Å²) in [5, 5.41) is 8.73. The van der Waals surface area contributed by atoms with Gasteiger partial charge in [-0.15, -0.1) is 0 Å². The van der Waals surface area contributed by atoms with Gasteiger partial charge in [0.1, 0.15) is 5.49 Å². The standard InChI is InChI=1S/C17H19N3/c1-14-4-7-16(8-5-14)12-19-17-9-6-15(2)13-20(17)11-3-10-18/h4-9,13H,3,11-12H2,1-2H3. The summed E-state index contributed by atoms with van der Waals surface area (Å²) in [7, 11) is 0. The van der Waals surface area contributed by atoms with E-state index in [1.54, 1.807) is 0 Å². The van der Waals surface area contributed by atoms with Crippen LogP contribution in [0.2, 0.25) is 0 Å². The highest BCUT2D eigenvalue weighted by molar-refractivity contribution is 5.21. The first-order chi connectivity index (χ1) is 9.69. The topological polar surface area (TPSA) is 41.1 Å². The fourth-order valence-electron chi connectivity index (χ4n) is 2.02. The van der Waals surface area contributed by atoms with Gasteiger partial charge in [0.05, 0.1) is 19.0 Å². The summed E-state index contributed by atoms with van der Waals surface area (Å²) in [6.07, 6.45) is 2.55. The number of nitriles is 1. The molecule has 20 heavy (non-hydrogen) atoms. The Balaban J connectivity index is 2.24. The summed E-state index contributed by atoms with van der Waals surface area (Å²) in [6.45, 7) is 5.48. The van der Waals surface area contributed by atoms with Crippen molar-refractivity contribution in [3.8, 4) is 6.07 Å². The normalized spacial score (nSPS) is 11.3. The molecule has 0 bridgehead atoms. The van der Waals surface area contributed by atoms with Crippen LogP contribution in [0.5, 0.6) is 0 Å². The molecule has 0 aliphatic rings. The lowest BCUT2D eigenvalue weighted by Crippen LogP contribution is -2.20. The molecule has 0 amide bonds. The highest BCUT2D eigenvalue weighted by atomic mass is 15.0. The van der Waals surface area contributed by atoms with Crippen molar-refractivity contribution in [2.24, 2.45) is 4.99 Å². The van der Waals surface area contributed by atoms with Crippen molar-refractivity contribution in [1.29, 1.82) is 5.26 Å². The minimum Gasteiger partial charge on any atom is -0.332 e. The number of pyridine rings is 1. The van der Waals surface area contributed by atoms with Gasteiger partial charge in [-0.2, -0.15) is 5.26 Å². The van der Waals surface area contributed by atoms with Crippen LogP contribution in [0.1, 0.15) is 23.1 Å². The first kappa shape index (κ1) is 14.1. The average Bonchev–Trinajstić information content (AvgIpc) is 2.46. The molecule has 3 nitrogen and oxygen atoms in total. The van der Waals surface area contributed by atoms with Crippen LogP contribution in [0.3, 0.4) is 0 Å². The van der Waals surface area contributed by atoms with Crippen molar-refractivity contribution < 1.29 is 0 Å². The number of aromatic nitrogens is 1. The lowest BCUT2D eigenvalue weighted by Gasteiger charge is -2.06. The third kappa shape index (κ3) is 3.83. The van der Waals surface area contributed by atoms with E-state index in [0.717, 1.165) is 5.49 Å². The van der Waals surface area contributed by atoms with E-state index in [1.165, 1.54) is 16.7 Å². The molecule has 0 saturated carbocycles.